The highest BCUT2D eigenvalue weighted by atomic mass is 15.1. The topological polar surface area (TPSA) is 15.3 Å². The molecule has 0 aromatic heterocycles. The van der Waals surface area contributed by atoms with Gasteiger partial charge in [-0.25, -0.2) is 0 Å². The third kappa shape index (κ3) is 7.31. The molecular formula is C17H36N2. The highest BCUT2D eigenvalue weighted by Crippen LogP contribution is 2.26. The number of hydrogen-bond acceptors (Lipinski definition) is 2. The van der Waals surface area contributed by atoms with Gasteiger partial charge in [0.1, 0.15) is 0 Å². The molecule has 0 heterocycles. The Morgan fingerprint density at radius 2 is 2.05 bits per heavy atom. The van der Waals surface area contributed by atoms with E-state index in [0.29, 0.717) is 6.04 Å². The van der Waals surface area contributed by atoms with Crippen molar-refractivity contribution in [1.29, 1.82) is 0 Å². The fourth-order valence-electron chi connectivity index (χ4n) is 3.27. The molecule has 3 atom stereocenters. The molecule has 1 rings (SSSR count). The summed E-state index contributed by atoms with van der Waals surface area (Å²) < 4.78 is 0. The highest BCUT2D eigenvalue weighted by molar-refractivity contribution is 4.77. The molecule has 19 heavy (non-hydrogen) atoms. The summed E-state index contributed by atoms with van der Waals surface area (Å²) in [5, 5.41) is 3.68. The molecule has 0 saturated heterocycles. The van der Waals surface area contributed by atoms with Gasteiger partial charge in [-0.05, 0) is 39.2 Å². The molecule has 0 radical (unpaired) electrons. The zero-order chi connectivity index (χ0) is 14.1. The third-order valence-corrected chi connectivity index (χ3v) is 4.73. The van der Waals surface area contributed by atoms with Crippen molar-refractivity contribution in [2.45, 2.75) is 84.2 Å². The summed E-state index contributed by atoms with van der Waals surface area (Å²) in [5.74, 6) is 0.933. The molecule has 0 aliphatic heterocycles. The standard InChI is InChI=1S/C17H36N2/c1-5-6-7-10-16(3)18-12-13-19(4)17-11-8-9-15(2)14-17/h15-18H,5-14H2,1-4H3. The number of unbranched alkanes of at least 4 members (excludes halogenated alkanes) is 2. The van der Waals surface area contributed by atoms with Crippen molar-refractivity contribution in [3.05, 3.63) is 0 Å². The molecule has 1 aliphatic rings. The zero-order valence-corrected chi connectivity index (χ0v) is 13.8. The molecule has 0 spiro atoms. The van der Waals surface area contributed by atoms with E-state index in [-0.39, 0.29) is 0 Å². The summed E-state index contributed by atoms with van der Waals surface area (Å²) in [5.41, 5.74) is 0. The largest absolute Gasteiger partial charge is 0.313 e. The quantitative estimate of drug-likeness (QED) is 0.635. The Labute approximate surface area is 121 Å². The molecule has 0 amide bonds. The van der Waals surface area contributed by atoms with Gasteiger partial charge in [0.15, 0.2) is 0 Å². The van der Waals surface area contributed by atoms with Crippen LogP contribution in [0.15, 0.2) is 0 Å². The van der Waals surface area contributed by atoms with Gasteiger partial charge < -0.3 is 10.2 Å². The number of hydrogen-bond donors (Lipinski definition) is 1. The molecule has 114 valence electrons. The molecule has 0 bridgehead atoms. The Bertz CT molecular complexity index is 217. The van der Waals surface area contributed by atoms with Crippen LogP contribution in [0.5, 0.6) is 0 Å². The molecule has 2 nitrogen and oxygen atoms in total. The number of likely N-dealkylation sites (N-methyl/N-ethyl adjacent to an activating group) is 1. The normalized spacial score (nSPS) is 25.7. The van der Waals surface area contributed by atoms with Gasteiger partial charge in [-0.3, -0.25) is 0 Å². The minimum absolute atomic E-state index is 0.685. The number of nitrogens with zero attached hydrogens (tertiary/aromatic N) is 1. The van der Waals surface area contributed by atoms with E-state index in [1.807, 2.05) is 0 Å². The fourth-order valence-corrected chi connectivity index (χ4v) is 3.27. The van der Waals surface area contributed by atoms with Crippen LogP contribution in [0.3, 0.4) is 0 Å². The van der Waals surface area contributed by atoms with Crippen LogP contribution in [-0.2, 0) is 0 Å². The Hall–Kier alpha value is -0.0800. The van der Waals surface area contributed by atoms with E-state index in [1.165, 1.54) is 57.9 Å². The summed E-state index contributed by atoms with van der Waals surface area (Å²) in [7, 11) is 2.31. The fraction of sp³-hybridized carbons (Fsp3) is 1.00. The molecule has 1 N–H and O–H groups in total. The van der Waals surface area contributed by atoms with Gasteiger partial charge in [0, 0.05) is 25.2 Å². The van der Waals surface area contributed by atoms with Crippen LogP contribution in [-0.4, -0.2) is 37.1 Å². The first-order chi connectivity index (χ1) is 9.13. The maximum Gasteiger partial charge on any atom is 0.0107 e. The van der Waals surface area contributed by atoms with E-state index in [4.69, 9.17) is 0 Å². The highest BCUT2D eigenvalue weighted by Gasteiger charge is 2.21. The molecule has 1 fully saturated rings. The van der Waals surface area contributed by atoms with Crippen molar-refractivity contribution in [1.82, 2.24) is 10.2 Å². The molecule has 0 aromatic rings. The molecule has 3 unspecified atom stereocenters. The van der Waals surface area contributed by atoms with Crippen molar-refractivity contribution in [3.63, 3.8) is 0 Å². The minimum Gasteiger partial charge on any atom is -0.313 e. The molecule has 2 heteroatoms. The van der Waals surface area contributed by atoms with Crippen molar-refractivity contribution < 1.29 is 0 Å². The maximum absolute atomic E-state index is 3.68. The molecule has 1 aliphatic carbocycles. The van der Waals surface area contributed by atoms with Gasteiger partial charge >= 0.3 is 0 Å². The first-order valence-electron chi connectivity index (χ1n) is 8.57. The summed E-state index contributed by atoms with van der Waals surface area (Å²) in [6.07, 6.45) is 11.1. The Morgan fingerprint density at radius 3 is 2.74 bits per heavy atom. The van der Waals surface area contributed by atoms with Crippen LogP contribution in [0.1, 0.15) is 72.1 Å². The zero-order valence-electron chi connectivity index (χ0n) is 13.8. The van der Waals surface area contributed by atoms with Gasteiger partial charge in [0.2, 0.25) is 0 Å². The number of rotatable bonds is 9. The summed E-state index contributed by atoms with van der Waals surface area (Å²) in [6, 6.07) is 1.52. The van der Waals surface area contributed by atoms with E-state index in [1.54, 1.807) is 0 Å². The second kappa shape index (κ2) is 9.77. The predicted octanol–water partition coefficient (Wildman–Crippen LogP) is 4.06. The maximum atomic E-state index is 3.68. The van der Waals surface area contributed by atoms with Gasteiger partial charge in [-0.2, -0.15) is 0 Å². The second-order valence-corrected chi connectivity index (χ2v) is 6.76. The van der Waals surface area contributed by atoms with E-state index >= 15 is 0 Å². The lowest BCUT2D eigenvalue weighted by molar-refractivity contribution is 0.163. The van der Waals surface area contributed by atoms with E-state index in [0.717, 1.165) is 18.5 Å². The summed E-state index contributed by atoms with van der Waals surface area (Å²) in [4.78, 5) is 2.58. The lowest BCUT2D eigenvalue weighted by Crippen LogP contribution is -2.41. The first-order valence-corrected chi connectivity index (χ1v) is 8.57. The lowest BCUT2D eigenvalue weighted by atomic mass is 9.86. The first kappa shape index (κ1) is 17.0. The monoisotopic (exact) mass is 268 g/mol. The van der Waals surface area contributed by atoms with Crippen molar-refractivity contribution >= 4 is 0 Å². The minimum atomic E-state index is 0.685. The van der Waals surface area contributed by atoms with Gasteiger partial charge in [0.05, 0.1) is 0 Å². The van der Waals surface area contributed by atoms with Crippen molar-refractivity contribution in [2.24, 2.45) is 5.92 Å². The van der Waals surface area contributed by atoms with Crippen LogP contribution < -0.4 is 5.32 Å². The number of nitrogens with one attached hydrogen (secondary N) is 1. The van der Waals surface area contributed by atoms with Crippen LogP contribution in [0.4, 0.5) is 0 Å². The van der Waals surface area contributed by atoms with E-state index in [9.17, 15) is 0 Å². The summed E-state index contributed by atoms with van der Waals surface area (Å²) in [6.45, 7) is 9.37. The van der Waals surface area contributed by atoms with Crippen LogP contribution in [0.2, 0.25) is 0 Å². The summed E-state index contributed by atoms with van der Waals surface area (Å²) >= 11 is 0. The average molecular weight is 268 g/mol. The smallest absolute Gasteiger partial charge is 0.0107 e. The lowest BCUT2D eigenvalue weighted by Gasteiger charge is -2.34. The average Bonchev–Trinajstić information content (AvgIpc) is 2.39. The molecular weight excluding hydrogens is 232 g/mol. The van der Waals surface area contributed by atoms with Crippen LogP contribution in [0, 0.1) is 5.92 Å². The van der Waals surface area contributed by atoms with Crippen LogP contribution >= 0.6 is 0 Å². The van der Waals surface area contributed by atoms with E-state index < -0.39 is 0 Å². The second-order valence-electron chi connectivity index (χ2n) is 6.76. The van der Waals surface area contributed by atoms with Gasteiger partial charge in [-0.1, -0.05) is 46.0 Å². The van der Waals surface area contributed by atoms with Gasteiger partial charge in [-0.15, -0.1) is 0 Å². The molecule has 0 aromatic carbocycles. The molecule has 1 saturated carbocycles. The Kier molecular flexibility index (Phi) is 8.72. The van der Waals surface area contributed by atoms with Gasteiger partial charge in [0.25, 0.3) is 0 Å². The Balaban J connectivity index is 2.07. The third-order valence-electron chi connectivity index (χ3n) is 4.73. The van der Waals surface area contributed by atoms with Crippen LogP contribution in [0.25, 0.3) is 0 Å². The predicted molar refractivity (Wildman–Crippen MR) is 85.7 cm³/mol. The van der Waals surface area contributed by atoms with E-state index in [2.05, 4.69) is 38.0 Å². The van der Waals surface area contributed by atoms with Crippen molar-refractivity contribution in [3.8, 4) is 0 Å². The SMILES string of the molecule is CCCCCC(C)NCCN(C)C1CCCC(C)C1. The Morgan fingerprint density at radius 1 is 1.26 bits per heavy atom. The van der Waals surface area contributed by atoms with Crippen molar-refractivity contribution in [2.75, 3.05) is 20.1 Å².